The molecule has 0 amide bonds. The third kappa shape index (κ3) is 3.47. The van der Waals surface area contributed by atoms with E-state index in [1.54, 1.807) is 7.11 Å². The molecule has 2 heteroatoms. The molecule has 0 aromatic carbocycles. The van der Waals surface area contributed by atoms with Gasteiger partial charge in [0.2, 0.25) is 0 Å². The van der Waals surface area contributed by atoms with Crippen molar-refractivity contribution < 1.29 is 9.53 Å². The van der Waals surface area contributed by atoms with Crippen LogP contribution in [-0.4, -0.2) is 19.5 Å². The summed E-state index contributed by atoms with van der Waals surface area (Å²) in [6.45, 7) is 4.70. The molecule has 2 nitrogen and oxygen atoms in total. The van der Waals surface area contributed by atoms with Crippen molar-refractivity contribution >= 4 is 5.78 Å². The summed E-state index contributed by atoms with van der Waals surface area (Å²) >= 11 is 0. The van der Waals surface area contributed by atoms with Gasteiger partial charge in [0.15, 0.2) is 0 Å². The molecule has 0 aromatic heterocycles. The second-order valence-electron chi connectivity index (χ2n) is 4.38. The maximum atomic E-state index is 11.5. The van der Waals surface area contributed by atoms with E-state index in [1.165, 1.54) is 12.8 Å². The fraction of sp³-hybridized carbons (Fsp3) is 0.909. The standard InChI is InChI=1S/C11H20O2/c1-8(2)11(12)6-10(7-13-3)9-4-5-9/h8-10H,4-7H2,1-3H3. The Morgan fingerprint density at radius 1 is 1.46 bits per heavy atom. The number of methoxy groups -OCH3 is 1. The third-order valence-corrected chi connectivity index (χ3v) is 2.78. The number of hydrogen-bond donors (Lipinski definition) is 0. The average molecular weight is 184 g/mol. The first-order valence-electron chi connectivity index (χ1n) is 5.16. The molecule has 0 bridgehead atoms. The summed E-state index contributed by atoms with van der Waals surface area (Å²) in [7, 11) is 1.72. The smallest absolute Gasteiger partial charge is 0.135 e. The van der Waals surface area contributed by atoms with Gasteiger partial charge in [0.1, 0.15) is 5.78 Å². The molecule has 1 saturated carbocycles. The molecule has 1 aliphatic rings. The zero-order valence-electron chi connectivity index (χ0n) is 8.88. The highest BCUT2D eigenvalue weighted by Gasteiger charge is 2.32. The molecule has 0 heterocycles. The zero-order chi connectivity index (χ0) is 9.84. The molecule has 0 radical (unpaired) electrons. The Labute approximate surface area is 80.7 Å². The monoisotopic (exact) mass is 184 g/mol. The van der Waals surface area contributed by atoms with Crippen molar-refractivity contribution in [2.45, 2.75) is 33.1 Å². The average Bonchev–Trinajstić information content (AvgIpc) is 2.85. The van der Waals surface area contributed by atoms with Crippen molar-refractivity contribution in [1.29, 1.82) is 0 Å². The Morgan fingerprint density at radius 2 is 2.08 bits per heavy atom. The van der Waals surface area contributed by atoms with E-state index in [1.807, 2.05) is 13.8 Å². The van der Waals surface area contributed by atoms with Gasteiger partial charge in [-0.05, 0) is 24.7 Å². The van der Waals surface area contributed by atoms with E-state index in [0.717, 1.165) is 18.9 Å². The Balaban J connectivity index is 2.33. The first kappa shape index (κ1) is 10.7. The normalized spacial score (nSPS) is 19.1. The van der Waals surface area contributed by atoms with E-state index in [-0.39, 0.29) is 5.92 Å². The van der Waals surface area contributed by atoms with Gasteiger partial charge in [-0.15, -0.1) is 0 Å². The quantitative estimate of drug-likeness (QED) is 0.633. The highest BCUT2D eigenvalue weighted by Crippen LogP contribution is 2.39. The minimum absolute atomic E-state index is 0.179. The Bertz CT molecular complexity index is 171. The van der Waals surface area contributed by atoms with E-state index in [0.29, 0.717) is 11.7 Å². The lowest BCUT2D eigenvalue weighted by Gasteiger charge is -2.15. The summed E-state index contributed by atoms with van der Waals surface area (Å²) < 4.78 is 5.13. The lowest BCUT2D eigenvalue weighted by molar-refractivity contribution is -0.123. The zero-order valence-corrected chi connectivity index (χ0v) is 8.88. The van der Waals surface area contributed by atoms with Gasteiger partial charge in [-0.1, -0.05) is 13.8 Å². The maximum absolute atomic E-state index is 11.5. The molecule has 1 unspecified atom stereocenters. The summed E-state index contributed by atoms with van der Waals surface area (Å²) in [6.07, 6.45) is 3.30. The van der Waals surface area contributed by atoms with Gasteiger partial charge in [-0.25, -0.2) is 0 Å². The van der Waals surface area contributed by atoms with E-state index in [2.05, 4.69) is 0 Å². The van der Waals surface area contributed by atoms with E-state index < -0.39 is 0 Å². The van der Waals surface area contributed by atoms with Crippen LogP contribution in [0.3, 0.4) is 0 Å². The van der Waals surface area contributed by atoms with E-state index in [9.17, 15) is 4.79 Å². The second-order valence-corrected chi connectivity index (χ2v) is 4.38. The van der Waals surface area contributed by atoms with Crippen LogP contribution in [0.4, 0.5) is 0 Å². The van der Waals surface area contributed by atoms with Crippen molar-refractivity contribution in [3.05, 3.63) is 0 Å². The molecule has 0 saturated heterocycles. The highest BCUT2D eigenvalue weighted by atomic mass is 16.5. The van der Waals surface area contributed by atoms with Crippen molar-refractivity contribution in [2.24, 2.45) is 17.8 Å². The fourth-order valence-corrected chi connectivity index (χ4v) is 1.64. The van der Waals surface area contributed by atoms with Crippen LogP contribution in [0, 0.1) is 17.8 Å². The molecule has 1 rings (SSSR count). The topological polar surface area (TPSA) is 26.3 Å². The molecule has 1 atom stereocenters. The summed E-state index contributed by atoms with van der Waals surface area (Å²) in [6, 6.07) is 0. The third-order valence-electron chi connectivity index (χ3n) is 2.78. The van der Waals surface area contributed by atoms with Gasteiger partial charge < -0.3 is 4.74 Å². The van der Waals surface area contributed by atoms with Crippen molar-refractivity contribution in [1.82, 2.24) is 0 Å². The summed E-state index contributed by atoms with van der Waals surface area (Å²) in [5.74, 6) is 1.81. The SMILES string of the molecule is COCC(CC(=O)C(C)C)C1CC1. The molecule has 0 aromatic rings. The molecular weight excluding hydrogens is 164 g/mol. The van der Waals surface area contributed by atoms with E-state index in [4.69, 9.17) is 4.74 Å². The van der Waals surface area contributed by atoms with Crippen molar-refractivity contribution in [3.63, 3.8) is 0 Å². The first-order chi connectivity index (χ1) is 6.15. The summed E-state index contributed by atoms with van der Waals surface area (Å²) in [5, 5.41) is 0. The minimum atomic E-state index is 0.179. The number of rotatable bonds is 6. The molecule has 0 spiro atoms. The summed E-state index contributed by atoms with van der Waals surface area (Å²) in [5.41, 5.74) is 0. The van der Waals surface area contributed by atoms with Crippen LogP contribution in [-0.2, 0) is 9.53 Å². The van der Waals surface area contributed by atoms with Gasteiger partial charge in [-0.3, -0.25) is 4.79 Å². The molecule has 1 fully saturated rings. The Kier molecular flexibility index (Phi) is 3.91. The maximum Gasteiger partial charge on any atom is 0.135 e. The number of carbonyl (C=O) groups excluding carboxylic acids is 1. The molecular formula is C11H20O2. The Morgan fingerprint density at radius 3 is 2.46 bits per heavy atom. The molecule has 13 heavy (non-hydrogen) atoms. The van der Waals surface area contributed by atoms with Crippen molar-refractivity contribution in [3.8, 4) is 0 Å². The number of ketones is 1. The molecule has 0 aliphatic heterocycles. The molecule has 0 N–H and O–H groups in total. The molecule has 76 valence electrons. The van der Waals surface area contributed by atoms with Crippen molar-refractivity contribution in [2.75, 3.05) is 13.7 Å². The largest absolute Gasteiger partial charge is 0.384 e. The van der Waals surface area contributed by atoms with Crippen LogP contribution >= 0.6 is 0 Å². The fourth-order valence-electron chi connectivity index (χ4n) is 1.64. The lowest BCUT2D eigenvalue weighted by Crippen LogP contribution is -2.18. The minimum Gasteiger partial charge on any atom is -0.384 e. The number of Topliss-reactive ketones (excluding diaryl/α,β-unsaturated/α-hetero) is 1. The van der Waals surface area contributed by atoms with Gasteiger partial charge in [-0.2, -0.15) is 0 Å². The molecule has 1 aliphatic carbocycles. The van der Waals surface area contributed by atoms with E-state index >= 15 is 0 Å². The van der Waals surface area contributed by atoms with Crippen LogP contribution < -0.4 is 0 Å². The van der Waals surface area contributed by atoms with Gasteiger partial charge in [0.05, 0.1) is 0 Å². The number of hydrogen-bond acceptors (Lipinski definition) is 2. The Hall–Kier alpha value is -0.370. The lowest BCUT2D eigenvalue weighted by atomic mass is 9.93. The van der Waals surface area contributed by atoms with Crippen LogP contribution in [0.15, 0.2) is 0 Å². The first-order valence-corrected chi connectivity index (χ1v) is 5.16. The van der Waals surface area contributed by atoms with Crippen LogP contribution in [0.25, 0.3) is 0 Å². The van der Waals surface area contributed by atoms with Gasteiger partial charge >= 0.3 is 0 Å². The highest BCUT2D eigenvalue weighted by molar-refractivity contribution is 5.80. The predicted octanol–water partition coefficient (Wildman–Crippen LogP) is 2.27. The predicted molar refractivity (Wildman–Crippen MR) is 52.6 cm³/mol. The number of carbonyl (C=O) groups is 1. The summed E-state index contributed by atoms with van der Waals surface area (Å²) in [4.78, 5) is 11.5. The second kappa shape index (κ2) is 4.75. The van der Waals surface area contributed by atoms with Crippen LogP contribution in [0.2, 0.25) is 0 Å². The van der Waals surface area contributed by atoms with Gasteiger partial charge in [0, 0.05) is 26.1 Å². The number of ether oxygens (including phenoxy) is 1. The van der Waals surface area contributed by atoms with Gasteiger partial charge in [0.25, 0.3) is 0 Å². The van der Waals surface area contributed by atoms with Crippen LogP contribution in [0.5, 0.6) is 0 Å². The van der Waals surface area contributed by atoms with Crippen LogP contribution in [0.1, 0.15) is 33.1 Å².